The van der Waals surface area contributed by atoms with E-state index in [0.717, 1.165) is 19.4 Å². The third-order valence-electron chi connectivity index (χ3n) is 3.47. The highest BCUT2D eigenvalue weighted by atomic mass is 16.1. The molecular weight excluding hydrogens is 288 g/mol. The molecule has 5 heteroatoms. The first kappa shape index (κ1) is 16.9. The third kappa shape index (κ3) is 6.06. The minimum absolute atomic E-state index is 0.172. The van der Waals surface area contributed by atoms with Crippen molar-refractivity contribution < 1.29 is 4.79 Å². The number of benzene rings is 1. The quantitative estimate of drug-likeness (QED) is 0.786. The van der Waals surface area contributed by atoms with E-state index in [2.05, 4.69) is 46.8 Å². The molecule has 0 spiro atoms. The number of aromatic nitrogens is 2. The highest BCUT2D eigenvalue weighted by Crippen LogP contribution is 2.04. The van der Waals surface area contributed by atoms with Crippen LogP contribution in [0.5, 0.6) is 0 Å². The van der Waals surface area contributed by atoms with Gasteiger partial charge < -0.3 is 10.6 Å². The van der Waals surface area contributed by atoms with Crippen LogP contribution in [0.25, 0.3) is 0 Å². The first-order chi connectivity index (χ1) is 11.1. The molecule has 122 valence electrons. The lowest BCUT2D eigenvalue weighted by Crippen LogP contribution is -2.26. The van der Waals surface area contributed by atoms with E-state index in [1.807, 2.05) is 18.2 Å². The molecule has 0 fully saturated rings. The van der Waals surface area contributed by atoms with Crippen molar-refractivity contribution in [2.75, 3.05) is 18.4 Å². The summed E-state index contributed by atoms with van der Waals surface area (Å²) in [6.07, 6.45) is 1.87. The van der Waals surface area contributed by atoms with Crippen molar-refractivity contribution in [3.8, 4) is 0 Å². The number of hydrogen-bond donors (Lipinski definition) is 2. The number of nitrogens with zero attached hydrogens (tertiary/aromatic N) is 2. The largest absolute Gasteiger partial charge is 0.368 e. The van der Waals surface area contributed by atoms with Gasteiger partial charge in [0.25, 0.3) is 5.91 Å². The maximum atomic E-state index is 11.9. The molecule has 2 aromatic rings. The molecular formula is C18H24N4O. The number of carbonyl (C=O) groups excluding carboxylic acids is 1. The summed E-state index contributed by atoms with van der Waals surface area (Å²) in [5.41, 5.74) is 1.62. The number of nitrogens with one attached hydrogen (secondary N) is 2. The summed E-state index contributed by atoms with van der Waals surface area (Å²) in [7, 11) is 0. The van der Waals surface area contributed by atoms with Crippen molar-refractivity contribution in [1.82, 2.24) is 15.5 Å². The van der Waals surface area contributed by atoms with Crippen LogP contribution in [0.15, 0.2) is 42.5 Å². The highest BCUT2D eigenvalue weighted by molar-refractivity contribution is 5.92. The Bertz CT molecular complexity index is 596. The molecule has 0 saturated heterocycles. The predicted molar refractivity (Wildman–Crippen MR) is 92.5 cm³/mol. The van der Waals surface area contributed by atoms with Gasteiger partial charge in [0.05, 0.1) is 0 Å². The summed E-state index contributed by atoms with van der Waals surface area (Å²) in [6.45, 7) is 5.69. The first-order valence-electron chi connectivity index (χ1n) is 8.05. The number of hydrogen-bond acceptors (Lipinski definition) is 4. The Hall–Kier alpha value is -2.43. The fourth-order valence-electron chi connectivity index (χ4n) is 2.09. The van der Waals surface area contributed by atoms with Crippen LogP contribution < -0.4 is 10.6 Å². The van der Waals surface area contributed by atoms with E-state index < -0.39 is 0 Å². The number of carbonyl (C=O) groups is 1. The molecule has 0 saturated carbocycles. The second-order valence-electron chi connectivity index (χ2n) is 5.90. The van der Waals surface area contributed by atoms with E-state index in [9.17, 15) is 4.79 Å². The Kier molecular flexibility index (Phi) is 6.54. The van der Waals surface area contributed by atoms with Gasteiger partial charge in [0.15, 0.2) is 5.69 Å². The van der Waals surface area contributed by atoms with E-state index in [0.29, 0.717) is 24.0 Å². The minimum Gasteiger partial charge on any atom is -0.368 e. The molecule has 0 radical (unpaired) electrons. The van der Waals surface area contributed by atoms with E-state index in [-0.39, 0.29) is 5.91 Å². The van der Waals surface area contributed by atoms with E-state index in [4.69, 9.17) is 0 Å². The smallest absolute Gasteiger partial charge is 0.271 e. The molecule has 0 unspecified atom stereocenters. The van der Waals surface area contributed by atoms with Gasteiger partial charge in [-0.05, 0) is 36.5 Å². The maximum absolute atomic E-state index is 11.9. The maximum Gasteiger partial charge on any atom is 0.271 e. The van der Waals surface area contributed by atoms with Gasteiger partial charge >= 0.3 is 0 Å². The van der Waals surface area contributed by atoms with Gasteiger partial charge in [-0.1, -0.05) is 44.2 Å². The average Bonchev–Trinajstić information content (AvgIpc) is 2.56. The third-order valence-corrected chi connectivity index (χ3v) is 3.47. The number of rotatable bonds is 8. The second kappa shape index (κ2) is 8.88. The van der Waals surface area contributed by atoms with E-state index in [1.54, 1.807) is 12.1 Å². The van der Waals surface area contributed by atoms with Crippen molar-refractivity contribution in [1.29, 1.82) is 0 Å². The van der Waals surface area contributed by atoms with Gasteiger partial charge in [0.1, 0.15) is 5.82 Å². The Morgan fingerprint density at radius 3 is 2.48 bits per heavy atom. The Morgan fingerprint density at radius 1 is 1.04 bits per heavy atom. The fraction of sp³-hybridized carbons (Fsp3) is 0.389. The fourth-order valence-corrected chi connectivity index (χ4v) is 2.09. The van der Waals surface area contributed by atoms with Crippen molar-refractivity contribution in [3.63, 3.8) is 0 Å². The van der Waals surface area contributed by atoms with Crippen molar-refractivity contribution in [2.45, 2.75) is 26.7 Å². The molecule has 0 atom stereocenters. The van der Waals surface area contributed by atoms with Crippen LogP contribution >= 0.6 is 0 Å². The summed E-state index contributed by atoms with van der Waals surface area (Å²) in [4.78, 5) is 11.9. The predicted octanol–water partition coefficient (Wildman–Crippen LogP) is 2.91. The molecule has 1 amide bonds. The van der Waals surface area contributed by atoms with Crippen LogP contribution in [-0.2, 0) is 6.42 Å². The zero-order valence-corrected chi connectivity index (χ0v) is 13.7. The molecule has 1 aromatic carbocycles. The molecule has 23 heavy (non-hydrogen) atoms. The summed E-state index contributed by atoms with van der Waals surface area (Å²) >= 11 is 0. The summed E-state index contributed by atoms with van der Waals surface area (Å²) < 4.78 is 0. The van der Waals surface area contributed by atoms with Crippen LogP contribution in [0, 0.1) is 5.92 Å². The van der Waals surface area contributed by atoms with Crippen LogP contribution in [-0.4, -0.2) is 29.2 Å². The molecule has 2 N–H and O–H groups in total. The second-order valence-corrected chi connectivity index (χ2v) is 5.90. The topological polar surface area (TPSA) is 66.9 Å². The molecule has 1 aromatic heterocycles. The molecule has 0 aliphatic rings. The van der Waals surface area contributed by atoms with E-state index in [1.165, 1.54) is 5.56 Å². The Balaban J connectivity index is 1.76. The van der Waals surface area contributed by atoms with Gasteiger partial charge in [-0.2, -0.15) is 0 Å². The normalized spacial score (nSPS) is 10.6. The Labute approximate surface area is 137 Å². The van der Waals surface area contributed by atoms with Gasteiger partial charge in [0.2, 0.25) is 0 Å². The standard InChI is InChI=1S/C18H24N4O/c1-14(2)10-12-20-18(23)16-8-9-17(22-21-16)19-13-11-15-6-4-3-5-7-15/h3-9,14H,10-13H2,1-2H3,(H,19,22)(H,20,23). The van der Waals surface area contributed by atoms with Crippen molar-refractivity contribution >= 4 is 11.7 Å². The molecule has 5 nitrogen and oxygen atoms in total. The monoisotopic (exact) mass is 312 g/mol. The highest BCUT2D eigenvalue weighted by Gasteiger charge is 2.07. The molecule has 0 aliphatic heterocycles. The lowest BCUT2D eigenvalue weighted by atomic mass is 10.1. The SMILES string of the molecule is CC(C)CCNC(=O)c1ccc(NCCc2ccccc2)nn1. The van der Waals surface area contributed by atoms with Gasteiger partial charge in [-0.3, -0.25) is 4.79 Å². The van der Waals surface area contributed by atoms with Gasteiger partial charge in [0, 0.05) is 13.1 Å². The van der Waals surface area contributed by atoms with Gasteiger partial charge in [-0.25, -0.2) is 0 Å². The zero-order valence-electron chi connectivity index (χ0n) is 13.7. The minimum atomic E-state index is -0.172. The lowest BCUT2D eigenvalue weighted by Gasteiger charge is -2.07. The molecule has 2 rings (SSSR count). The van der Waals surface area contributed by atoms with Crippen LogP contribution in [0.3, 0.4) is 0 Å². The molecule has 1 heterocycles. The summed E-state index contributed by atoms with van der Waals surface area (Å²) in [5, 5.41) is 14.1. The van der Waals surface area contributed by atoms with Crippen molar-refractivity contribution in [2.24, 2.45) is 5.92 Å². The van der Waals surface area contributed by atoms with Crippen LogP contribution in [0.2, 0.25) is 0 Å². The summed E-state index contributed by atoms with van der Waals surface area (Å²) in [6, 6.07) is 13.7. The Morgan fingerprint density at radius 2 is 1.83 bits per heavy atom. The van der Waals surface area contributed by atoms with Crippen LogP contribution in [0.4, 0.5) is 5.82 Å². The van der Waals surface area contributed by atoms with Crippen LogP contribution in [0.1, 0.15) is 36.3 Å². The average molecular weight is 312 g/mol. The van der Waals surface area contributed by atoms with E-state index >= 15 is 0 Å². The summed E-state index contributed by atoms with van der Waals surface area (Å²) in [5.74, 6) is 1.08. The van der Waals surface area contributed by atoms with Gasteiger partial charge in [-0.15, -0.1) is 10.2 Å². The lowest BCUT2D eigenvalue weighted by molar-refractivity contribution is 0.0946. The number of anilines is 1. The zero-order chi connectivity index (χ0) is 16.5. The number of amides is 1. The molecule has 0 bridgehead atoms. The first-order valence-corrected chi connectivity index (χ1v) is 8.05. The molecule has 0 aliphatic carbocycles. The van der Waals surface area contributed by atoms with Crippen molar-refractivity contribution in [3.05, 3.63) is 53.7 Å².